The van der Waals surface area contributed by atoms with Crippen molar-refractivity contribution >= 4 is 9.84 Å². The van der Waals surface area contributed by atoms with Gasteiger partial charge in [0, 0.05) is 0 Å². The normalized spacial score (nSPS) is 11.7. The van der Waals surface area contributed by atoms with Crippen LogP contribution in [0.15, 0.2) is 60.8 Å². The molecule has 3 aromatic rings. The molecular weight excluding hydrogens is 364 g/mol. The van der Waals surface area contributed by atoms with Crippen molar-refractivity contribution in [1.29, 1.82) is 0 Å². The van der Waals surface area contributed by atoms with Crippen LogP contribution in [0.4, 0.5) is 8.78 Å². The Hall–Kier alpha value is -2.81. The second-order valence-corrected chi connectivity index (χ2v) is 7.59. The fourth-order valence-electron chi connectivity index (χ4n) is 2.44. The van der Waals surface area contributed by atoms with Crippen molar-refractivity contribution in [1.82, 2.24) is 15.0 Å². The van der Waals surface area contributed by atoms with Crippen LogP contribution in [0.3, 0.4) is 0 Å². The third-order valence-corrected chi connectivity index (χ3v) is 5.03. The van der Waals surface area contributed by atoms with Gasteiger partial charge in [-0.15, -0.1) is 5.10 Å². The lowest BCUT2D eigenvalue weighted by atomic mass is 10.2. The first-order chi connectivity index (χ1) is 12.4. The van der Waals surface area contributed by atoms with E-state index in [0.29, 0.717) is 16.9 Å². The summed E-state index contributed by atoms with van der Waals surface area (Å²) in [5.74, 6) is -0.501. The SMILES string of the molecule is O=S(=O)(Cc1ccc(OC(F)F)cc1)Cc1cnnn1-c1ccccc1. The molecule has 0 saturated carbocycles. The van der Waals surface area contributed by atoms with Gasteiger partial charge in [0.2, 0.25) is 0 Å². The van der Waals surface area contributed by atoms with E-state index in [9.17, 15) is 17.2 Å². The molecule has 136 valence electrons. The second-order valence-electron chi connectivity index (χ2n) is 5.53. The first-order valence-electron chi connectivity index (χ1n) is 7.62. The summed E-state index contributed by atoms with van der Waals surface area (Å²) in [6.45, 7) is -2.92. The Labute approximate surface area is 149 Å². The standard InChI is InChI=1S/C17H15F2N3O3S/c18-17(19)25-16-8-6-13(7-9-16)11-26(23,24)12-15-10-20-21-22(15)14-4-2-1-3-5-14/h1-10,17H,11-12H2. The molecule has 26 heavy (non-hydrogen) atoms. The van der Waals surface area contributed by atoms with Gasteiger partial charge in [-0.25, -0.2) is 13.1 Å². The average Bonchev–Trinajstić information content (AvgIpc) is 3.04. The lowest BCUT2D eigenvalue weighted by Gasteiger charge is -2.08. The van der Waals surface area contributed by atoms with Gasteiger partial charge in [0.25, 0.3) is 0 Å². The van der Waals surface area contributed by atoms with E-state index in [4.69, 9.17) is 0 Å². The number of benzene rings is 2. The van der Waals surface area contributed by atoms with Gasteiger partial charge in [0.05, 0.1) is 29.1 Å². The Morgan fingerprint density at radius 1 is 1.00 bits per heavy atom. The highest BCUT2D eigenvalue weighted by Crippen LogP contribution is 2.18. The van der Waals surface area contributed by atoms with Gasteiger partial charge in [-0.05, 0) is 29.8 Å². The summed E-state index contributed by atoms with van der Waals surface area (Å²) in [6.07, 6.45) is 1.41. The van der Waals surface area contributed by atoms with E-state index in [1.807, 2.05) is 18.2 Å². The van der Waals surface area contributed by atoms with Gasteiger partial charge in [-0.2, -0.15) is 8.78 Å². The Bertz CT molecular complexity index is 958. The Balaban J connectivity index is 1.73. The van der Waals surface area contributed by atoms with Crippen LogP contribution in [-0.2, 0) is 21.3 Å². The van der Waals surface area contributed by atoms with E-state index in [-0.39, 0.29) is 17.3 Å². The lowest BCUT2D eigenvalue weighted by molar-refractivity contribution is -0.0498. The number of hydrogen-bond acceptors (Lipinski definition) is 5. The molecule has 0 spiro atoms. The highest BCUT2D eigenvalue weighted by atomic mass is 32.2. The maximum absolute atomic E-state index is 12.5. The smallest absolute Gasteiger partial charge is 0.387 e. The first-order valence-corrected chi connectivity index (χ1v) is 9.44. The maximum Gasteiger partial charge on any atom is 0.387 e. The average molecular weight is 379 g/mol. The minimum Gasteiger partial charge on any atom is -0.435 e. The summed E-state index contributed by atoms with van der Waals surface area (Å²) in [6, 6.07) is 14.6. The van der Waals surface area contributed by atoms with E-state index < -0.39 is 16.4 Å². The number of rotatable bonds is 7. The van der Waals surface area contributed by atoms with Crippen LogP contribution in [0.2, 0.25) is 0 Å². The molecule has 0 aliphatic carbocycles. The summed E-state index contributed by atoms with van der Waals surface area (Å²) >= 11 is 0. The Kier molecular flexibility index (Phi) is 5.27. The number of halogens is 2. The fraction of sp³-hybridized carbons (Fsp3) is 0.176. The molecule has 0 radical (unpaired) electrons. The van der Waals surface area contributed by atoms with Crippen molar-refractivity contribution in [3.8, 4) is 11.4 Å². The fourth-order valence-corrected chi connectivity index (χ4v) is 3.89. The summed E-state index contributed by atoms with van der Waals surface area (Å²) in [7, 11) is -3.51. The van der Waals surface area contributed by atoms with Crippen LogP contribution in [0.5, 0.6) is 5.75 Å². The largest absolute Gasteiger partial charge is 0.435 e. The van der Waals surface area contributed by atoms with Gasteiger partial charge < -0.3 is 4.74 Å². The lowest BCUT2D eigenvalue weighted by Crippen LogP contribution is -2.12. The molecule has 3 rings (SSSR count). The van der Waals surface area contributed by atoms with E-state index in [2.05, 4.69) is 15.0 Å². The van der Waals surface area contributed by atoms with Crippen molar-refractivity contribution in [2.45, 2.75) is 18.1 Å². The highest BCUT2D eigenvalue weighted by Gasteiger charge is 2.18. The van der Waals surface area contributed by atoms with Crippen LogP contribution in [-0.4, -0.2) is 30.0 Å². The van der Waals surface area contributed by atoms with Gasteiger partial charge in [0.1, 0.15) is 5.75 Å². The molecule has 0 N–H and O–H groups in total. The molecular formula is C17H15F2N3O3S. The topological polar surface area (TPSA) is 74.1 Å². The number of aromatic nitrogens is 3. The van der Waals surface area contributed by atoms with Gasteiger partial charge >= 0.3 is 6.61 Å². The van der Waals surface area contributed by atoms with Crippen molar-refractivity contribution in [2.24, 2.45) is 0 Å². The van der Waals surface area contributed by atoms with E-state index in [1.165, 1.54) is 35.1 Å². The zero-order valence-corrected chi connectivity index (χ0v) is 14.3. The van der Waals surface area contributed by atoms with Crippen molar-refractivity contribution in [3.63, 3.8) is 0 Å². The van der Waals surface area contributed by atoms with Gasteiger partial charge in [-0.1, -0.05) is 35.5 Å². The van der Waals surface area contributed by atoms with Crippen molar-refractivity contribution in [2.75, 3.05) is 0 Å². The predicted molar refractivity (Wildman–Crippen MR) is 90.8 cm³/mol. The number of nitrogens with zero attached hydrogens (tertiary/aromatic N) is 3. The number of sulfone groups is 1. The molecule has 1 aromatic heterocycles. The van der Waals surface area contributed by atoms with E-state index in [1.54, 1.807) is 12.1 Å². The molecule has 0 aliphatic rings. The van der Waals surface area contributed by atoms with E-state index in [0.717, 1.165) is 0 Å². The third kappa shape index (κ3) is 4.63. The summed E-state index contributed by atoms with van der Waals surface area (Å²) in [5.41, 5.74) is 1.63. The molecule has 2 aromatic carbocycles. The highest BCUT2D eigenvalue weighted by molar-refractivity contribution is 7.89. The number of ether oxygens (including phenoxy) is 1. The zero-order valence-electron chi connectivity index (χ0n) is 13.5. The minimum absolute atomic E-state index is 0.0208. The van der Waals surface area contributed by atoms with Gasteiger partial charge in [-0.3, -0.25) is 0 Å². The van der Waals surface area contributed by atoms with Crippen LogP contribution in [0, 0.1) is 0 Å². The molecule has 9 heteroatoms. The molecule has 1 heterocycles. The van der Waals surface area contributed by atoms with Crippen molar-refractivity contribution in [3.05, 3.63) is 72.1 Å². The van der Waals surface area contributed by atoms with Crippen LogP contribution < -0.4 is 4.74 Å². The molecule has 0 atom stereocenters. The molecule has 0 aliphatic heterocycles. The summed E-state index contributed by atoms with van der Waals surface area (Å²) < 4.78 is 55.0. The van der Waals surface area contributed by atoms with Gasteiger partial charge in [0.15, 0.2) is 9.84 Å². The Morgan fingerprint density at radius 3 is 2.35 bits per heavy atom. The molecule has 6 nitrogen and oxygen atoms in total. The molecule has 0 saturated heterocycles. The molecule has 0 fully saturated rings. The summed E-state index contributed by atoms with van der Waals surface area (Å²) in [5, 5.41) is 7.72. The molecule has 0 unspecified atom stereocenters. The minimum atomic E-state index is -3.51. The zero-order chi connectivity index (χ0) is 18.6. The van der Waals surface area contributed by atoms with E-state index >= 15 is 0 Å². The summed E-state index contributed by atoms with van der Waals surface area (Å²) in [4.78, 5) is 0. The predicted octanol–water partition coefficient (Wildman–Crippen LogP) is 2.98. The monoisotopic (exact) mass is 379 g/mol. The maximum atomic E-state index is 12.5. The number of para-hydroxylation sites is 1. The second kappa shape index (κ2) is 7.61. The number of alkyl halides is 2. The van der Waals surface area contributed by atoms with Crippen LogP contribution in [0.1, 0.15) is 11.3 Å². The Morgan fingerprint density at radius 2 is 1.69 bits per heavy atom. The van der Waals surface area contributed by atoms with Crippen LogP contribution >= 0.6 is 0 Å². The first kappa shape index (κ1) is 18.0. The molecule has 0 bridgehead atoms. The molecule has 0 amide bonds. The quantitative estimate of drug-likeness (QED) is 0.631. The number of hydrogen-bond donors (Lipinski definition) is 0. The van der Waals surface area contributed by atoms with Crippen LogP contribution in [0.25, 0.3) is 5.69 Å². The van der Waals surface area contributed by atoms with Crippen molar-refractivity contribution < 1.29 is 21.9 Å². The third-order valence-electron chi connectivity index (χ3n) is 3.52.